The molecule has 0 spiro atoms. The van der Waals surface area contributed by atoms with Gasteiger partial charge in [-0.05, 0) is 121 Å². The van der Waals surface area contributed by atoms with Crippen molar-refractivity contribution in [3.8, 4) is 5.75 Å². The van der Waals surface area contributed by atoms with Crippen molar-refractivity contribution in [1.29, 1.82) is 0 Å². The summed E-state index contributed by atoms with van der Waals surface area (Å²) in [6.07, 6.45) is 33.4. The highest BCUT2D eigenvalue weighted by Crippen LogP contribution is 2.20. The molecule has 0 fully saturated rings. The van der Waals surface area contributed by atoms with E-state index in [0.717, 1.165) is 44.1 Å². The van der Waals surface area contributed by atoms with Gasteiger partial charge >= 0.3 is 0 Å². The number of carbonyl (C=O) groups excluding carboxylic acids is 3. The number of nitrogens with one attached hydrogen (secondary N) is 3. The number of allylic oxidation sites excluding steroid dienone is 12. The number of benzene rings is 2. The van der Waals surface area contributed by atoms with Crippen LogP contribution in [0.5, 0.6) is 5.75 Å². The van der Waals surface area contributed by atoms with Crippen LogP contribution in [0.3, 0.4) is 0 Å². The maximum absolute atomic E-state index is 13.0. The summed E-state index contributed by atoms with van der Waals surface area (Å²) < 4.78 is 6.02. The summed E-state index contributed by atoms with van der Waals surface area (Å²) in [7, 11) is 0. The topological polar surface area (TPSA) is 96.5 Å². The molecule has 0 aromatic heterocycles. The zero-order valence-corrected chi connectivity index (χ0v) is 33.1. The third-order valence-electron chi connectivity index (χ3n) is 7.95. The largest absolute Gasteiger partial charge is 0.478 e. The Kier molecular flexibility index (Phi) is 21.3. The van der Waals surface area contributed by atoms with Crippen LogP contribution >= 0.6 is 11.6 Å². The summed E-state index contributed by atoms with van der Waals surface area (Å²) >= 11 is 5.89. The molecule has 7 nitrogen and oxygen atoms in total. The minimum absolute atomic E-state index is 0.0658. The minimum Gasteiger partial charge on any atom is -0.478 e. The molecule has 0 unspecified atom stereocenters. The van der Waals surface area contributed by atoms with Gasteiger partial charge in [0.15, 0.2) is 5.60 Å². The Morgan fingerprint density at radius 3 is 1.72 bits per heavy atom. The molecule has 0 aliphatic rings. The first-order chi connectivity index (χ1) is 25.4. The van der Waals surface area contributed by atoms with Crippen molar-refractivity contribution in [1.82, 2.24) is 16.0 Å². The molecule has 0 bridgehead atoms. The lowest BCUT2D eigenvalue weighted by Gasteiger charge is -2.30. The average molecular weight is 742 g/mol. The van der Waals surface area contributed by atoms with Gasteiger partial charge in [0, 0.05) is 30.1 Å². The number of amides is 3. The number of hydrogen-bond acceptors (Lipinski definition) is 4. The molecule has 0 saturated carbocycles. The highest BCUT2D eigenvalue weighted by Gasteiger charge is 2.31. The second kappa shape index (κ2) is 25.4. The molecule has 0 heterocycles. The smallest absolute Gasteiger partial charge is 0.263 e. The molecule has 286 valence electrons. The Morgan fingerprint density at radius 2 is 1.19 bits per heavy atom. The molecule has 3 N–H and O–H groups in total. The van der Waals surface area contributed by atoms with Gasteiger partial charge in [-0.15, -0.1) is 0 Å². The lowest BCUT2D eigenvalue weighted by molar-refractivity contribution is -0.134. The van der Waals surface area contributed by atoms with E-state index in [2.05, 4.69) is 89.7 Å². The zero-order chi connectivity index (χ0) is 38.8. The second-order valence-corrected chi connectivity index (χ2v) is 14.3. The molecule has 2 aromatic rings. The molecule has 3 amide bonds. The Hall–Kier alpha value is -4.62. The van der Waals surface area contributed by atoms with Crippen LogP contribution in [0.4, 0.5) is 0 Å². The van der Waals surface area contributed by atoms with Crippen molar-refractivity contribution in [2.45, 2.75) is 104 Å². The van der Waals surface area contributed by atoms with Crippen molar-refractivity contribution < 1.29 is 19.1 Å². The van der Waals surface area contributed by atoms with Crippen LogP contribution < -0.4 is 20.7 Å². The fourth-order valence-electron chi connectivity index (χ4n) is 4.94. The van der Waals surface area contributed by atoms with Gasteiger partial charge in [0.05, 0.1) is 5.54 Å². The summed E-state index contributed by atoms with van der Waals surface area (Å²) in [5, 5.41) is 9.43. The van der Waals surface area contributed by atoms with E-state index in [1.165, 1.54) is 0 Å². The van der Waals surface area contributed by atoms with E-state index >= 15 is 0 Å². The van der Waals surface area contributed by atoms with Crippen LogP contribution in [-0.4, -0.2) is 42.0 Å². The van der Waals surface area contributed by atoms with Crippen molar-refractivity contribution in [3.05, 3.63) is 138 Å². The molecule has 0 radical (unpaired) electrons. The van der Waals surface area contributed by atoms with E-state index in [-0.39, 0.29) is 24.3 Å². The molecule has 0 aliphatic heterocycles. The standard InChI is InChI=1S/C45H60ClN3O4/c1-6-7-8-9-10-11-12-13-14-15-16-17-18-19-20-21-22-23-24-25-41(50)49-44(2,3)36-48-43(52)45(4,5)53-40-32-26-37(27-33-40)34-35-47-42(51)38-28-30-39(46)31-29-38/h7-8,10-11,13-14,16-17,19-20,22-23,26-33H,6,9,12,15,18,21,24-25,34-36H2,1-5H3,(H,47,51)(H,48,52)(H,49,50)/b8-7-,11-10-,14-13-,17-16-,20-19-,23-22-. The number of rotatable bonds is 24. The molecular formula is C45H60ClN3O4. The van der Waals surface area contributed by atoms with E-state index in [1.54, 1.807) is 38.1 Å². The third-order valence-corrected chi connectivity index (χ3v) is 8.20. The Morgan fingerprint density at radius 1 is 0.679 bits per heavy atom. The SMILES string of the molecule is CC/C=C\C/C=C\C/C=C\C/C=C\C/C=C\C/C=C\CCC(=O)NC(C)(C)CNC(=O)C(C)(C)Oc1ccc(CCNC(=O)c2ccc(Cl)cc2)cc1. The van der Waals surface area contributed by atoms with Crippen LogP contribution in [0.15, 0.2) is 121 Å². The Labute approximate surface area is 323 Å². The van der Waals surface area contributed by atoms with Crippen molar-refractivity contribution in [3.63, 3.8) is 0 Å². The second-order valence-electron chi connectivity index (χ2n) is 13.8. The lowest BCUT2D eigenvalue weighted by Crippen LogP contribution is -2.55. The van der Waals surface area contributed by atoms with Crippen molar-refractivity contribution >= 4 is 29.3 Å². The maximum atomic E-state index is 13.0. The average Bonchev–Trinajstić information content (AvgIpc) is 3.12. The van der Waals surface area contributed by atoms with E-state index in [9.17, 15) is 14.4 Å². The molecular weight excluding hydrogens is 682 g/mol. The van der Waals surface area contributed by atoms with E-state index < -0.39 is 11.1 Å². The number of hydrogen-bond donors (Lipinski definition) is 3. The third kappa shape index (κ3) is 20.9. The molecule has 2 rings (SSSR count). The Balaban J connectivity index is 1.60. The summed E-state index contributed by atoms with van der Waals surface area (Å²) in [6, 6.07) is 14.2. The van der Waals surface area contributed by atoms with Gasteiger partial charge in [0.25, 0.3) is 11.8 Å². The monoisotopic (exact) mass is 741 g/mol. The highest BCUT2D eigenvalue weighted by atomic mass is 35.5. The summed E-state index contributed by atoms with van der Waals surface area (Å²) in [5.74, 6) is 0.0508. The van der Waals surface area contributed by atoms with Gasteiger partial charge in [0.1, 0.15) is 5.75 Å². The number of carbonyl (C=O) groups is 3. The first-order valence-electron chi connectivity index (χ1n) is 18.7. The summed E-state index contributed by atoms with van der Waals surface area (Å²) in [5.41, 5.74) is -0.188. The number of ether oxygens (including phenoxy) is 1. The normalized spacial score (nSPS) is 12.6. The predicted octanol–water partition coefficient (Wildman–Crippen LogP) is 9.96. The lowest BCUT2D eigenvalue weighted by atomic mass is 10.0. The summed E-state index contributed by atoms with van der Waals surface area (Å²) in [4.78, 5) is 37.9. The maximum Gasteiger partial charge on any atom is 0.263 e. The van der Waals surface area contributed by atoms with Crippen LogP contribution in [0, 0.1) is 0 Å². The van der Waals surface area contributed by atoms with E-state index in [0.29, 0.717) is 42.1 Å². The van der Waals surface area contributed by atoms with Gasteiger partial charge in [-0.2, -0.15) is 0 Å². The Bertz CT molecular complexity index is 1570. The van der Waals surface area contributed by atoms with Crippen molar-refractivity contribution in [2.75, 3.05) is 13.1 Å². The van der Waals surface area contributed by atoms with Gasteiger partial charge in [-0.1, -0.05) is 104 Å². The van der Waals surface area contributed by atoms with Crippen molar-refractivity contribution in [2.24, 2.45) is 0 Å². The van der Waals surface area contributed by atoms with Crippen LogP contribution in [-0.2, 0) is 16.0 Å². The van der Waals surface area contributed by atoms with E-state index in [4.69, 9.17) is 16.3 Å². The fraction of sp³-hybridized carbons (Fsp3) is 0.400. The zero-order valence-electron chi connectivity index (χ0n) is 32.3. The first-order valence-corrected chi connectivity index (χ1v) is 19.1. The minimum atomic E-state index is -1.13. The summed E-state index contributed by atoms with van der Waals surface area (Å²) in [6.45, 7) is 10.1. The molecule has 0 saturated heterocycles. The van der Waals surface area contributed by atoms with Gasteiger partial charge in [-0.25, -0.2) is 0 Å². The molecule has 53 heavy (non-hydrogen) atoms. The molecule has 8 heteroatoms. The molecule has 0 aliphatic carbocycles. The molecule has 0 atom stereocenters. The highest BCUT2D eigenvalue weighted by molar-refractivity contribution is 6.30. The fourth-order valence-corrected chi connectivity index (χ4v) is 5.07. The van der Waals surface area contributed by atoms with Gasteiger partial charge in [0.2, 0.25) is 5.91 Å². The van der Waals surface area contributed by atoms with E-state index in [1.807, 2.05) is 44.2 Å². The van der Waals surface area contributed by atoms with Crippen LogP contribution in [0.25, 0.3) is 0 Å². The van der Waals surface area contributed by atoms with Crippen LogP contribution in [0.1, 0.15) is 102 Å². The van der Waals surface area contributed by atoms with Crippen LogP contribution in [0.2, 0.25) is 5.02 Å². The predicted molar refractivity (Wildman–Crippen MR) is 221 cm³/mol. The quantitative estimate of drug-likeness (QED) is 0.0934. The van der Waals surface area contributed by atoms with Gasteiger partial charge < -0.3 is 20.7 Å². The molecule has 2 aromatic carbocycles. The first kappa shape index (κ1) is 44.5. The number of halogens is 1. The van der Waals surface area contributed by atoms with Gasteiger partial charge in [-0.3, -0.25) is 14.4 Å².